The van der Waals surface area contributed by atoms with E-state index >= 15 is 0 Å². The lowest BCUT2D eigenvalue weighted by Crippen LogP contribution is -2.47. The molecule has 5 nitrogen and oxygen atoms in total. The summed E-state index contributed by atoms with van der Waals surface area (Å²) >= 11 is 0. The van der Waals surface area contributed by atoms with Gasteiger partial charge in [0.1, 0.15) is 0 Å². The summed E-state index contributed by atoms with van der Waals surface area (Å²) in [6.07, 6.45) is 1.79. The Kier molecular flexibility index (Phi) is 8.97. The minimum absolute atomic E-state index is 0.0360. The van der Waals surface area contributed by atoms with Crippen LogP contribution in [0.25, 0.3) is 0 Å². The molecule has 1 unspecified atom stereocenters. The molecule has 0 rings (SSSR count). The lowest BCUT2D eigenvalue weighted by atomic mass is 9.83. The minimum Gasteiger partial charge on any atom is -0.396 e. The molecule has 0 aliphatic carbocycles. The SMILES string of the molecule is CCC(CC)(CO)CNC(C)C(=O)NCCOC. The maximum Gasteiger partial charge on any atom is 0.236 e. The second-order valence-electron chi connectivity index (χ2n) is 4.75. The molecule has 0 aromatic carbocycles. The van der Waals surface area contributed by atoms with E-state index in [1.54, 1.807) is 7.11 Å². The first-order valence-electron chi connectivity index (χ1n) is 6.66. The highest BCUT2D eigenvalue weighted by atomic mass is 16.5. The van der Waals surface area contributed by atoms with Crippen molar-refractivity contribution in [3.8, 4) is 0 Å². The summed E-state index contributed by atoms with van der Waals surface area (Å²) in [5.41, 5.74) is -0.124. The number of methoxy groups -OCH3 is 1. The van der Waals surface area contributed by atoms with Gasteiger partial charge in [0.2, 0.25) is 5.91 Å². The molecule has 0 spiro atoms. The predicted molar refractivity (Wildman–Crippen MR) is 72.5 cm³/mol. The Hall–Kier alpha value is -0.650. The molecule has 0 aromatic rings. The normalized spacial score (nSPS) is 13.4. The van der Waals surface area contributed by atoms with Gasteiger partial charge < -0.3 is 20.5 Å². The van der Waals surface area contributed by atoms with Gasteiger partial charge in [0.15, 0.2) is 0 Å². The molecule has 0 saturated heterocycles. The van der Waals surface area contributed by atoms with Crippen molar-refractivity contribution in [3.05, 3.63) is 0 Å². The molecule has 1 amide bonds. The van der Waals surface area contributed by atoms with E-state index < -0.39 is 0 Å². The molecule has 0 aliphatic rings. The average molecular weight is 260 g/mol. The van der Waals surface area contributed by atoms with Crippen LogP contribution in [0.15, 0.2) is 0 Å². The molecule has 108 valence electrons. The molecule has 3 N–H and O–H groups in total. The number of carbonyl (C=O) groups excluding carboxylic acids is 1. The van der Waals surface area contributed by atoms with E-state index in [0.717, 1.165) is 12.8 Å². The Balaban J connectivity index is 4.07. The van der Waals surface area contributed by atoms with Crippen molar-refractivity contribution in [2.75, 3.05) is 33.4 Å². The summed E-state index contributed by atoms with van der Waals surface area (Å²) in [5.74, 6) is -0.0360. The number of carbonyl (C=O) groups is 1. The molecule has 18 heavy (non-hydrogen) atoms. The van der Waals surface area contributed by atoms with E-state index in [1.165, 1.54) is 0 Å². The van der Waals surface area contributed by atoms with Crippen LogP contribution in [0, 0.1) is 5.41 Å². The van der Waals surface area contributed by atoms with Gasteiger partial charge in [-0.25, -0.2) is 0 Å². The fourth-order valence-electron chi connectivity index (χ4n) is 1.67. The third-order valence-corrected chi connectivity index (χ3v) is 3.62. The predicted octanol–water partition coefficient (Wildman–Crippen LogP) is 0.526. The van der Waals surface area contributed by atoms with Gasteiger partial charge in [-0.3, -0.25) is 4.79 Å². The number of hydrogen-bond acceptors (Lipinski definition) is 4. The fourth-order valence-corrected chi connectivity index (χ4v) is 1.67. The number of aliphatic hydroxyl groups excluding tert-OH is 1. The van der Waals surface area contributed by atoms with E-state index in [9.17, 15) is 9.90 Å². The summed E-state index contributed by atoms with van der Waals surface area (Å²) in [7, 11) is 1.60. The Morgan fingerprint density at radius 3 is 2.44 bits per heavy atom. The van der Waals surface area contributed by atoms with E-state index in [0.29, 0.717) is 19.7 Å². The number of nitrogens with one attached hydrogen (secondary N) is 2. The zero-order chi connectivity index (χ0) is 14.0. The third-order valence-electron chi connectivity index (χ3n) is 3.62. The maximum absolute atomic E-state index is 11.7. The highest BCUT2D eigenvalue weighted by Gasteiger charge is 2.26. The third kappa shape index (κ3) is 5.80. The summed E-state index contributed by atoms with van der Waals surface area (Å²) in [6, 6.07) is -0.258. The Bertz CT molecular complexity index is 222. The smallest absolute Gasteiger partial charge is 0.236 e. The van der Waals surface area contributed by atoms with E-state index in [2.05, 4.69) is 24.5 Å². The van der Waals surface area contributed by atoms with Crippen LogP contribution in [0.1, 0.15) is 33.6 Å². The van der Waals surface area contributed by atoms with E-state index in [-0.39, 0.29) is 24.0 Å². The van der Waals surface area contributed by atoms with Crippen molar-refractivity contribution < 1.29 is 14.6 Å². The van der Waals surface area contributed by atoms with Crippen molar-refractivity contribution in [3.63, 3.8) is 0 Å². The van der Waals surface area contributed by atoms with Crippen LogP contribution < -0.4 is 10.6 Å². The Morgan fingerprint density at radius 1 is 1.39 bits per heavy atom. The van der Waals surface area contributed by atoms with Gasteiger partial charge >= 0.3 is 0 Å². The highest BCUT2D eigenvalue weighted by molar-refractivity contribution is 5.81. The van der Waals surface area contributed by atoms with Crippen LogP contribution in [0.5, 0.6) is 0 Å². The van der Waals surface area contributed by atoms with Gasteiger partial charge in [-0.05, 0) is 19.8 Å². The number of amides is 1. The van der Waals surface area contributed by atoms with Gasteiger partial charge in [-0.15, -0.1) is 0 Å². The van der Waals surface area contributed by atoms with E-state index in [1.807, 2.05) is 6.92 Å². The molecule has 0 heterocycles. The minimum atomic E-state index is -0.258. The summed E-state index contributed by atoms with van der Waals surface area (Å²) in [6.45, 7) is 7.78. The monoisotopic (exact) mass is 260 g/mol. The molecule has 0 aliphatic heterocycles. The molecule has 0 saturated carbocycles. The molecular formula is C13H28N2O3. The van der Waals surface area contributed by atoms with Crippen molar-refractivity contribution in [1.82, 2.24) is 10.6 Å². The van der Waals surface area contributed by atoms with Crippen molar-refractivity contribution in [1.29, 1.82) is 0 Å². The van der Waals surface area contributed by atoms with Gasteiger partial charge in [0.25, 0.3) is 0 Å². The number of rotatable bonds is 10. The number of hydrogen-bond donors (Lipinski definition) is 3. The topological polar surface area (TPSA) is 70.6 Å². The summed E-state index contributed by atoms with van der Waals surface area (Å²) < 4.78 is 4.87. The zero-order valence-electron chi connectivity index (χ0n) is 12.1. The Morgan fingerprint density at radius 2 is 2.00 bits per heavy atom. The summed E-state index contributed by atoms with van der Waals surface area (Å²) in [5, 5.41) is 15.4. The van der Waals surface area contributed by atoms with Gasteiger partial charge in [0, 0.05) is 32.2 Å². The average Bonchev–Trinajstić information content (AvgIpc) is 2.40. The van der Waals surface area contributed by atoms with Gasteiger partial charge in [-0.2, -0.15) is 0 Å². The van der Waals surface area contributed by atoms with Crippen LogP contribution in [0.2, 0.25) is 0 Å². The van der Waals surface area contributed by atoms with E-state index in [4.69, 9.17) is 4.74 Å². The molecule has 0 radical (unpaired) electrons. The quantitative estimate of drug-likeness (QED) is 0.501. The number of aliphatic hydroxyl groups is 1. The first kappa shape index (κ1) is 17.4. The van der Waals surface area contributed by atoms with Crippen LogP contribution in [0.4, 0.5) is 0 Å². The largest absolute Gasteiger partial charge is 0.396 e. The zero-order valence-corrected chi connectivity index (χ0v) is 12.1. The molecule has 0 aromatic heterocycles. The Labute approximate surface area is 110 Å². The van der Waals surface area contributed by atoms with Crippen LogP contribution in [-0.2, 0) is 9.53 Å². The lowest BCUT2D eigenvalue weighted by Gasteiger charge is -2.31. The van der Waals surface area contributed by atoms with Gasteiger partial charge in [-0.1, -0.05) is 13.8 Å². The first-order valence-corrected chi connectivity index (χ1v) is 6.66. The first-order chi connectivity index (χ1) is 8.55. The molecule has 1 atom stereocenters. The van der Waals surface area contributed by atoms with Crippen molar-refractivity contribution in [2.24, 2.45) is 5.41 Å². The molecular weight excluding hydrogens is 232 g/mol. The molecule has 0 fully saturated rings. The number of ether oxygens (including phenoxy) is 1. The van der Waals surface area contributed by atoms with Crippen LogP contribution >= 0.6 is 0 Å². The van der Waals surface area contributed by atoms with Crippen molar-refractivity contribution in [2.45, 2.75) is 39.7 Å². The van der Waals surface area contributed by atoms with Crippen molar-refractivity contribution >= 4 is 5.91 Å². The summed E-state index contributed by atoms with van der Waals surface area (Å²) in [4.78, 5) is 11.7. The molecule has 5 heteroatoms. The maximum atomic E-state index is 11.7. The second kappa shape index (κ2) is 9.30. The fraction of sp³-hybridized carbons (Fsp3) is 0.923. The highest BCUT2D eigenvalue weighted by Crippen LogP contribution is 2.24. The van der Waals surface area contributed by atoms with Gasteiger partial charge in [0.05, 0.1) is 12.6 Å². The second-order valence-corrected chi connectivity index (χ2v) is 4.75. The van der Waals surface area contributed by atoms with Crippen LogP contribution in [0.3, 0.4) is 0 Å². The lowest BCUT2D eigenvalue weighted by molar-refractivity contribution is -0.123. The molecule has 0 bridgehead atoms. The standard InChI is InChI=1S/C13H28N2O3/c1-5-13(6-2,10-16)9-15-11(3)12(17)14-7-8-18-4/h11,15-16H,5-10H2,1-4H3,(H,14,17). The van der Waals surface area contributed by atoms with Crippen LogP contribution in [-0.4, -0.2) is 50.5 Å².